The predicted molar refractivity (Wildman–Crippen MR) is 102 cm³/mol. The average Bonchev–Trinajstić information content (AvgIpc) is 2.71. The number of aliphatic hydroxyl groups is 2. The van der Waals surface area contributed by atoms with E-state index in [1.165, 1.54) is 0 Å². The highest BCUT2D eigenvalue weighted by molar-refractivity contribution is 6.30. The second kappa shape index (κ2) is 8.65. The molecule has 2 N–H and O–H groups in total. The van der Waals surface area contributed by atoms with Crippen molar-refractivity contribution in [3.05, 3.63) is 69.7 Å². The number of ether oxygens (including phenoxy) is 4. The van der Waals surface area contributed by atoms with Gasteiger partial charge in [0.25, 0.3) is 0 Å². The van der Waals surface area contributed by atoms with E-state index in [4.69, 9.17) is 42.1 Å². The highest BCUT2D eigenvalue weighted by Crippen LogP contribution is 2.35. The Balaban J connectivity index is 1.54. The average molecular weight is 427 g/mol. The van der Waals surface area contributed by atoms with Crippen molar-refractivity contribution in [3.8, 4) is 0 Å². The summed E-state index contributed by atoms with van der Waals surface area (Å²) in [6.07, 6.45) is -5.17. The van der Waals surface area contributed by atoms with Crippen LogP contribution in [0, 0.1) is 0 Å². The summed E-state index contributed by atoms with van der Waals surface area (Å²) in [5.41, 5.74) is 1.50. The van der Waals surface area contributed by atoms with E-state index in [1.807, 2.05) is 0 Å². The molecule has 8 heteroatoms. The largest absolute Gasteiger partial charge is 0.388 e. The van der Waals surface area contributed by atoms with E-state index < -0.39 is 37.0 Å². The Morgan fingerprint density at radius 1 is 0.714 bits per heavy atom. The van der Waals surface area contributed by atoms with Crippen LogP contribution in [0.4, 0.5) is 0 Å². The lowest BCUT2D eigenvalue weighted by Crippen LogP contribution is -2.55. The summed E-state index contributed by atoms with van der Waals surface area (Å²) in [5, 5.41) is 22.1. The summed E-state index contributed by atoms with van der Waals surface area (Å²) in [4.78, 5) is 0. The molecule has 2 fully saturated rings. The van der Waals surface area contributed by atoms with Gasteiger partial charge in [-0.2, -0.15) is 0 Å². The minimum Gasteiger partial charge on any atom is -0.388 e. The third-order valence-electron chi connectivity index (χ3n) is 4.79. The maximum atomic E-state index is 10.6. The van der Waals surface area contributed by atoms with Crippen LogP contribution in [-0.4, -0.2) is 47.8 Å². The van der Waals surface area contributed by atoms with Crippen LogP contribution in [0.3, 0.4) is 0 Å². The van der Waals surface area contributed by atoms with E-state index in [9.17, 15) is 10.2 Å². The molecule has 0 radical (unpaired) electrons. The van der Waals surface area contributed by atoms with Crippen LogP contribution < -0.4 is 0 Å². The molecule has 0 bridgehead atoms. The lowest BCUT2D eigenvalue weighted by molar-refractivity contribution is -0.332. The van der Waals surface area contributed by atoms with Crippen LogP contribution in [0.2, 0.25) is 10.0 Å². The predicted octanol–water partition coefficient (Wildman–Crippen LogP) is 3.24. The molecule has 2 saturated heterocycles. The van der Waals surface area contributed by atoms with Gasteiger partial charge in [0.15, 0.2) is 12.6 Å². The standard InChI is InChI=1S/C20H20Cl2O6/c21-13-5-1-11(2-6-13)19-25-9-15(23)17(24)18-16(27-19)10-26-20(28-18)12-3-7-14(22)8-4-12/h1-8,15-20,23-24H,9-10H2/t15-,16+,17+,18+,19?,20?/m0/s1. The molecule has 2 unspecified atom stereocenters. The van der Waals surface area contributed by atoms with E-state index in [2.05, 4.69) is 0 Å². The van der Waals surface area contributed by atoms with Gasteiger partial charge in [-0.1, -0.05) is 47.5 Å². The molecule has 4 rings (SSSR count). The molecule has 2 heterocycles. The number of hydrogen-bond donors (Lipinski definition) is 2. The molecule has 0 spiro atoms. The minimum absolute atomic E-state index is 0.104. The molecular formula is C20H20Cl2O6. The fourth-order valence-corrected chi connectivity index (χ4v) is 3.51. The molecule has 28 heavy (non-hydrogen) atoms. The van der Waals surface area contributed by atoms with Crippen molar-refractivity contribution >= 4 is 23.2 Å². The molecule has 0 aliphatic carbocycles. The number of hydrogen-bond acceptors (Lipinski definition) is 6. The van der Waals surface area contributed by atoms with Gasteiger partial charge in [-0.05, 0) is 24.3 Å². The van der Waals surface area contributed by atoms with Gasteiger partial charge in [0.05, 0.1) is 13.2 Å². The van der Waals surface area contributed by atoms with Crippen molar-refractivity contribution in [1.82, 2.24) is 0 Å². The molecule has 2 aliphatic rings. The lowest BCUT2D eigenvalue weighted by Gasteiger charge is -2.42. The third kappa shape index (κ3) is 4.35. The quantitative estimate of drug-likeness (QED) is 0.767. The number of halogens is 2. The van der Waals surface area contributed by atoms with Crippen molar-refractivity contribution < 1.29 is 29.2 Å². The van der Waals surface area contributed by atoms with Crippen molar-refractivity contribution in [1.29, 1.82) is 0 Å². The number of benzene rings is 2. The molecule has 0 amide bonds. The monoisotopic (exact) mass is 426 g/mol. The summed E-state index contributed by atoms with van der Waals surface area (Å²) >= 11 is 11.9. The van der Waals surface area contributed by atoms with Crippen molar-refractivity contribution in [2.24, 2.45) is 0 Å². The molecule has 2 aromatic carbocycles. The molecular weight excluding hydrogens is 407 g/mol. The number of fused-ring (bicyclic) bond motifs is 1. The Bertz CT molecular complexity index is 784. The molecule has 2 aromatic rings. The third-order valence-corrected chi connectivity index (χ3v) is 5.29. The van der Waals surface area contributed by atoms with Crippen LogP contribution in [0.25, 0.3) is 0 Å². The van der Waals surface area contributed by atoms with E-state index >= 15 is 0 Å². The summed E-state index contributed by atoms with van der Waals surface area (Å²) in [7, 11) is 0. The lowest BCUT2D eigenvalue weighted by atomic mass is 10.0. The SMILES string of the molecule is O[C@H]1[C@@H]2OC(c3ccc(Cl)cc3)OC[C@H]2OC(c2ccc(Cl)cc2)OC[C@@H]1O. The Kier molecular flexibility index (Phi) is 6.20. The van der Waals surface area contributed by atoms with Gasteiger partial charge in [-0.15, -0.1) is 0 Å². The normalized spacial score (nSPS) is 33.6. The topological polar surface area (TPSA) is 77.4 Å². The van der Waals surface area contributed by atoms with Gasteiger partial charge in [0.2, 0.25) is 0 Å². The summed E-state index contributed by atoms with van der Waals surface area (Å²) in [5.74, 6) is 0. The second-order valence-electron chi connectivity index (χ2n) is 6.77. The van der Waals surface area contributed by atoms with E-state index in [0.717, 1.165) is 11.1 Å². The molecule has 6 nitrogen and oxygen atoms in total. The highest BCUT2D eigenvalue weighted by atomic mass is 35.5. The zero-order valence-electron chi connectivity index (χ0n) is 14.8. The van der Waals surface area contributed by atoms with Crippen LogP contribution >= 0.6 is 23.2 Å². The summed E-state index contributed by atoms with van der Waals surface area (Å²) < 4.78 is 23.5. The summed E-state index contributed by atoms with van der Waals surface area (Å²) in [6, 6.07) is 14.1. The van der Waals surface area contributed by atoms with Gasteiger partial charge >= 0.3 is 0 Å². The van der Waals surface area contributed by atoms with Crippen LogP contribution in [-0.2, 0) is 18.9 Å². The first-order chi connectivity index (χ1) is 13.5. The van der Waals surface area contributed by atoms with Gasteiger partial charge in [0, 0.05) is 21.2 Å². The Morgan fingerprint density at radius 2 is 1.21 bits per heavy atom. The van der Waals surface area contributed by atoms with Gasteiger partial charge in [-0.25, -0.2) is 0 Å². The first-order valence-corrected chi connectivity index (χ1v) is 9.68. The van der Waals surface area contributed by atoms with Crippen LogP contribution in [0.1, 0.15) is 23.7 Å². The minimum atomic E-state index is -1.19. The Hall–Kier alpha value is -1.22. The molecule has 2 aliphatic heterocycles. The van der Waals surface area contributed by atoms with Crippen LogP contribution in [0.5, 0.6) is 0 Å². The Labute approximate surface area is 172 Å². The molecule has 0 saturated carbocycles. The highest BCUT2D eigenvalue weighted by Gasteiger charge is 2.44. The summed E-state index contributed by atoms with van der Waals surface area (Å²) in [6.45, 7) is 0.0582. The van der Waals surface area contributed by atoms with E-state index in [1.54, 1.807) is 48.5 Å². The van der Waals surface area contributed by atoms with Crippen LogP contribution in [0.15, 0.2) is 48.5 Å². The second-order valence-corrected chi connectivity index (χ2v) is 7.64. The van der Waals surface area contributed by atoms with E-state index in [-0.39, 0.29) is 13.2 Å². The Morgan fingerprint density at radius 3 is 1.79 bits per heavy atom. The van der Waals surface area contributed by atoms with Gasteiger partial charge in [-0.3, -0.25) is 0 Å². The number of rotatable bonds is 2. The first-order valence-electron chi connectivity index (χ1n) is 8.92. The molecule has 6 atom stereocenters. The van der Waals surface area contributed by atoms with Crippen molar-refractivity contribution in [2.75, 3.05) is 13.2 Å². The smallest absolute Gasteiger partial charge is 0.184 e. The zero-order valence-corrected chi connectivity index (χ0v) is 16.3. The fourth-order valence-electron chi connectivity index (χ4n) is 3.25. The van der Waals surface area contributed by atoms with E-state index in [0.29, 0.717) is 10.0 Å². The zero-order chi connectivity index (χ0) is 19.7. The first kappa shape index (κ1) is 20.1. The van der Waals surface area contributed by atoms with Crippen molar-refractivity contribution in [3.63, 3.8) is 0 Å². The van der Waals surface area contributed by atoms with Gasteiger partial charge in [0.1, 0.15) is 24.4 Å². The molecule has 150 valence electrons. The maximum absolute atomic E-state index is 10.6. The molecule has 0 aromatic heterocycles. The number of aliphatic hydroxyl groups excluding tert-OH is 2. The fraction of sp³-hybridized carbons (Fsp3) is 0.400. The van der Waals surface area contributed by atoms with Crippen molar-refractivity contribution in [2.45, 2.75) is 37.0 Å². The maximum Gasteiger partial charge on any atom is 0.184 e. The van der Waals surface area contributed by atoms with Gasteiger partial charge < -0.3 is 29.2 Å².